The van der Waals surface area contributed by atoms with Gasteiger partial charge in [-0.25, -0.2) is 0 Å². The number of aromatic nitrogens is 1. The molecule has 6 rings (SSSR count). The Balaban J connectivity index is 1.55. The molecule has 8 nitrogen and oxygen atoms in total. The monoisotopic (exact) mass is 542 g/mol. The van der Waals surface area contributed by atoms with Crippen LogP contribution in [0.3, 0.4) is 0 Å². The van der Waals surface area contributed by atoms with Gasteiger partial charge in [0.25, 0.3) is 5.91 Å². The van der Waals surface area contributed by atoms with E-state index in [2.05, 4.69) is 0 Å². The quantitative estimate of drug-likeness (QED) is 0.250. The second-order valence-corrected chi connectivity index (χ2v) is 9.65. The average Bonchev–Trinajstić information content (AvgIpc) is 3.60. The lowest BCUT2D eigenvalue weighted by Crippen LogP contribution is -2.31. The standard InChI is InChI=1S/C30H23ClN2O6/c1-32-15-21(20-6-4-5-7-22(20)32)26-25(28(35)30(36)33(26)18-8-10-19(37-2)11-9-18)27(34)23-13-16-12-17(31)14-24(38-3)29(16)39-23/h4-15,26,35H,1-3H3. The number of hydrogen-bond acceptors (Lipinski definition) is 6. The van der Waals surface area contributed by atoms with Gasteiger partial charge in [-0.15, -0.1) is 0 Å². The van der Waals surface area contributed by atoms with Crippen molar-refractivity contribution in [3.63, 3.8) is 0 Å². The summed E-state index contributed by atoms with van der Waals surface area (Å²) in [6.07, 6.45) is 1.87. The van der Waals surface area contributed by atoms with Crippen LogP contribution in [0.4, 0.5) is 5.69 Å². The number of para-hydroxylation sites is 1. The number of nitrogens with zero attached hydrogens (tertiary/aromatic N) is 2. The number of methoxy groups -OCH3 is 2. The first-order chi connectivity index (χ1) is 18.8. The third-order valence-electron chi connectivity index (χ3n) is 7.02. The van der Waals surface area contributed by atoms with E-state index in [0.29, 0.717) is 38.7 Å². The molecule has 1 atom stereocenters. The molecular formula is C30H23ClN2O6. The van der Waals surface area contributed by atoms with Crippen molar-refractivity contribution >= 4 is 50.9 Å². The lowest BCUT2D eigenvalue weighted by atomic mass is 9.94. The van der Waals surface area contributed by atoms with Crippen molar-refractivity contribution < 1.29 is 28.6 Å². The largest absolute Gasteiger partial charge is 0.503 e. The van der Waals surface area contributed by atoms with Gasteiger partial charge in [-0.3, -0.25) is 14.5 Å². The molecule has 2 aromatic heterocycles. The zero-order valence-corrected chi connectivity index (χ0v) is 22.0. The topological polar surface area (TPSA) is 94.1 Å². The summed E-state index contributed by atoms with van der Waals surface area (Å²) in [5.74, 6) is -1.04. The fourth-order valence-electron chi connectivity index (χ4n) is 5.21. The van der Waals surface area contributed by atoms with Crippen molar-refractivity contribution in [2.24, 2.45) is 7.05 Å². The molecule has 0 spiro atoms. The Hall–Kier alpha value is -4.69. The molecule has 0 saturated carbocycles. The Kier molecular flexibility index (Phi) is 5.84. The molecule has 0 fully saturated rings. The van der Waals surface area contributed by atoms with Crippen molar-refractivity contribution in [3.05, 3.63) is 101 Å². The lowest BCUT2D eigenvalue weighted by Gasteiger charge is -2.26. The summed E-state index contributed by atoms with van der Waals surface area (Å²) in [7, 11) is 4.91. The third kappa shape index (κ3) is 3.83. The number of aliphatic hydroxyl groups is 1. The first kappa shape index (κ1) is 24.6. The highest BCUT2D eigenvalue weighted by molar-refractivity contribution is 6.31. The van der Waals surface area contributed by atoms with Gasteiger partial charge in [0.1, 0.15) is 5.75 Å². The second kappa shape index (κ2) is 9.25. The van der Waals surface area contributed by atoms with Crippen LogP contribution in [0.1, 0.15) is 22.2 Å². The zero-order valence-electron chi connectivity index (χ0n) is 21.3. The molecule has 0 bridgehead atoms. The molecule has 5 aromatic rings. The summed E-state index contributed by atoms with van der Waals surface area (Å²) in [5.41, 5.74) is 2.34. The van der Waals surface area contributed by atoms with E-state index in [1.54, 1.807) is 43.5 Å². The van der Waals surface area contributed by atoms with E-state index in [4.69, 9.17) is 25.5 Å². The van der Waals surface area contributed by atoms with Gasteiger partial charge in [-0.1, -0.05) is 29.8 Å². The molecule has 1 unspecified atom stereocenters. The molecule has 0 radical (unpaired) electrons. The van der Waals surface area contributed by atoms with E-state index < -0.39 is 23.5 Å². The summed E-state index contributed by atoms with van der Waals surface area (Å²) in [4.78, 5) is 29.1. The van der Waals surface area contributed by atoms with Crippen molar-refractivity contribution in [3.8, 4) is 11.5 Å². The van der Waals surface area contributed by atoms with Crippen LogP contribution in [-0.2, 0) is 11.8 Å². The predicted octanol–water partition coefficient (Wildman–Crippen LogP) is 6.38. The highest BCUT2D eigenvalue weighted by Crippen LogP contribution is 2.45. The van der Waals surface area contributed by atoms with Gasteiger partial charge >= 0.3 is 0 Å². The Bertz CT molecular complexity index is 1810. The van der Waals surface area contributed by atoms with Crippen molar-refractivity contribution in [1.29, 1.82) is 0 Å². The van der Waals surface area contributed by atoms with E-state index >= 15 is 0 Å². The van der Waals surface area contributed by atoms with Crippen LogP contribution in [-0.4, -0.2) is 35.6 Å². The van der Waals surface area contributed by atoms with E-state index in [-0.39, 0.29) is 11.3 Å². The van der Waals surface area contributed by atoms with Gasteiger partial charge in [0.15, 0.2) is 22.9 Å². The number of furan rings is 1. The number of fused-ring (bicyclic) bond motifs is 2. The van der Waals surface area contributed by atoms with E-state index in [9.17, 15) is 14.7 Å². The molecular weight excluding hydrogens is 520 g/mol. The van der Waals surface area contributed by atoms with Gasteiger partial charge < -0.3 is 23.6 Å². The molecule has 1 aliphatic rings. The first-order valence-corrected chi connectivity index (χ1v) is 12.5. The Morgan fingerprint density at radius 2 is 1.77 bits per heavy atom. The van der Waals surface area contributed by atoms with Crippen LogP contribution >= 0.6 is 11.6 Å². The molecule has 0 saturated heterocycles. The number of hydrogen-bond donors (Lipinski definition) is 1. The van der Waals surface area contributed by atoms with Crippen LogP contribution < -0.4 is 14.4 Å². The summed E-state index contributed by atoms with van der Waals surface area (Å²) in [6.45, 7) is 0. The summed E-state index contributed by atoms with van der Waals surface area (Å²) >= 11 is 6.21. The van der Waals surface area contributed by atoms with Crippen LogP contribution in [0.5, 0.6) is 11.5 Å². The normalized spacial score (nSPS) is 15.5. The van der Waals surface area contributed by atoms with Gasteiger partial charge in [0, 0.05) is 51.9 Å². The number of ketones is 1. The second-order valence-electron chi connectivity index (χ2n) is 9.22. The number of halogens is 1. The molecule has 1 aliphatic heterocycles. The van der Waals surface area contributed by atoms with E-state index in [0.717, 1.165) is 10.9 Å². The fraction of sp³-hybridized carbons (Fsp3) is 0.133. The number of carbonyl (C=O) groups is 2. The highest BCUT2D eigenvalue weighted by atomic mass is 35.5. The number of aryl methyl sites for hydroxylation is 1. The molecule has 1 N–H and O–H groups in total. The maximum Gasteiger partial charge on any atom is 0.294 e. The average molecular weight is 543 g/mol. The molecule has 3 aromatic carbocycles. The Morgan fingerprint density at radius 3 is 2.49 bits per heavy atom. The number of anilines is 1. The van der Waals surface area contributed by atoms with Gasteiger partial charge in [0.05, 0.1) is 25.8 Å². The first-order valence-electron chi connectivity index (χ1n) is 12.1. The minimum Gasteiger partial charge on any atom is -0.503 e. The van der Waals surface area contributed by atoms with Crippen LogP contribution in [0.2, 0.25) is 5.02 Å². The molecule has 0 aliphatic carbocycles. The number of ether oxygens (including phenoxy) is 2. The lowest BCUT2D eigenvalue weighted by molar-refractivity contribution is -0.117. The van der Waals surface area contributed by atoms with Crippen molar-refractivity contribution in [2.45, 2.75) is 6.04 Å². The van der Waals surface area contributed by atoms with E-state index in [1.165, 1.54) is 18.1 Å². The molecule has 196 valence electrons. The number of aliphatic hydroxyl groups excluding tert-OH is 1. The maximum atomic E-state index is 14.1. The number of amides is 1. The zero-order chi connectivity index (χ0) is 27.4. The minimum atomic E-state index is -0.928. The predicted molar refractivity (Wildman–Crippen MR) is 148 cm³/mol. The Labute approximate surface area is 228 Å². The van der Waals surface area contributed by atoms with Crippen LogP contribution in [0.25, 0.3) is 21.9 Å². The number of rotatable bonds is 6. The summed E-state index contributed by atoms with van der Waals surface area (Å²) in [5, 5.41) is 13.0. The number of benzene rings is 3. The van der Waals surface area contributed by atoms with Gasteiger partial charge in [-0.05, 0) is 42.5 Å². The van der Waals surface area contributed by atoms with Crippen LogP contribution in [0, 0.1) is 0 Å². The van der Waals surface area contributed by atoms with E-state index in [1.807, 2.05) is 42.1 Å². The third-order valence-corrected chi connectivity index (χ3v) is 7.23. The molecule has 3 heterocycles. The fourth-order valence-corrected chi connectivity index (χ4v) is 5.43. The van der Waals surface area contributed by atoms with Crippen molar-refractivity contribution in [2.75, 3.05) is 19.1 Å². The summed E-state index contributed by atoms with van der Waals surface area (Å²) in [6, 6.07) is 18.4. The molecule has 39 heavy (non-hydrogen) atoms. The molecule has 1 amide bonds. The van der Waals surface area contributed by atoms with Gasteiger partial charge in [0.2, 0.25) is 5.78 Å². The highest BCUT2D eigenvalue weighted by Gasteiger charge is 2.46. The maximum absolute atomic E-state index is 14.1. The smallest absolute Gasteiger partial charge is 0.294 e. The van der Waals surface area contributed by atoms with Crippen molar-refractivity contribution in [1.82, 2.24) is 4.57 Å². The molecule has 9 heteroatoms. The van der Waals surface area contributed by atoms with Gasteiger partial charge in [-0.2, -0.15) is 0 Å². The SMILES string of the molecule is COc1ccc(N2C(=O)C(O)=C(C(=O)c3cc4cc(Cl)cc(OC)c4o3)C2c2cn(C)c3ccccc23)cc1. The number of carbonyl (C=O) groups excluding carboxylic acids is 2. The number of Topliss-reactive ketones (excluding diaryl/α,β-unsaturated/α-hetero) is 1. The summed E-state index contributed by atoms with van der Waals surface area (Å²) < 4.78 is 18.5. The minimum absolute atomic E-state index is 0.0539. The van der Waals surface area contributed by atoms with Crippen LogP contribution in [0.15, 0.2) is 88.7 Å². The Morgan fingerprint density at radius 1 is 1.03 bits per heavy atom.